The lowest BCUT2D eigenvalue weighted by atomic mass is 10.0. The van der Waals surface area contributed by atoms with E-state index in [0.717, 1.165) is 33.9 Å². The number of rotatable bonds is 10. The maximum atomic E-state index is 6.19. The minimum absolute atomic E-state index is 0.447. The predicted molar refractivity (Wildman–Crippen MR) is 126 cm³/mol. The van der Waals surface area contributed by atoms with Crippen LogP contribution in [0.1, 0.15) is 29.2 Å². The van der Waals surface area contributed by atoms with Gasteiger partial charge in [0.1, 0.15) is 6.61 Å². The first-order valence-corrected chi connectivity index (χ1v) is 10.5. The molecule has 0 bridgehead atoms. The van der Waals surface area contributed by atoms with Crippen LogP contribution in [0, 0.1) is 6.92 Å². The Kier molecular flexibility index (Phi) is 7.81. The third-order valence-corrected chi connectivity index (χ3v) is 4.95. The summed E-state index contributed by atoms with van der Waals surface area (Å²) >= 11 is 5.98. The molecule has 0 saturated heterocycles. The van der Waals surface area contributed by atoms with E-state index in [1.165, 1.54) is 5.56 Å². The van der Waals surface area contributed by atoms with E-state index in [1.54, 1.807) is 0 Å². The Morgan fingerprint density at radius 3 is 2.37 bits per heavy atom. The monoisotopic (exact) mass is 421 g/mol. The third-order valence-electron chi connectivity index (χ3n) is 4.70. The smallest absolute Gasteiger partial charge is 0.165 e. The van der Waals surface area contributed by atoms with Crippen LogP contribution < -0.4 is 14.8 Å². The molecular weight excluding hydrogens is 394 g/mol. The second kappa shape index (κ2) is 10.7. The van der Waals surface area contributed by atoms with Gasteiger partial charge in [0, 0.05) is 22.8 Å². The fourth-order valence-corrected chi connectivity index (χ4v) is 3.30. The molecule has 0 aliphatic carbocycles. The van der Waals surface area contributed by atoms with E-state index in [9.17, 15) is 0 Å². The number of aryl methyl sites for hydroxylation is 1. The van der Waals surface area contributed by atoms with E-state index in [4.69, 9.17) is 21.1 Å². The lowest BCUT2D eigenvalue weighted by Crippen LogP contribution is -2.06. The standard InChI is InChI=1S/C26H28ClNO2/c1-4-6-22-15-21(17-28-24-13-7-19(3)8-14-24)16-25(29-5-2)26(22)30-18-20-9-11-23(27)12-10-20/h4,7-16,28H,1,5-6,17-18H2,2-3H3. The Balaban J connectivity index is 1.81. The fraction of sp³-hybridized carbons (Fsp3) is 0.231. The van der Waals surface area contributed by atoms with Crippen molar-refractivity contribution in [1.82, 2.24) is 0 Å². The number of hydrogen-bond donors (Lipinski definition) is 1. The molecule has 0 amide bonds. The summed E-state index contributed by atoms with van der Waals surface area (Å²) in [6.45, 7) is 9.69. The molecule has 4 heteroatoms. The molecule has 3 aromatic carbocycles. The lowest BCUT2D eigenvalue weighted by Gasteiger charge is -2.18. The molecule has 0 aliphatic heterocycles. The molecule has 3 aromatic rings. The van der Waals surface area contributed by atoms with Crippen LogP contribution in [0.15, 0.2) is 73.3 Å². The van der Waals surface area contributed by atoms with Crippen LogP contribution in [-0.4, -0.2) is 6.61 Å². The highest BCUT2D eigenvalue weighted by Gasteiger charge is 2.14. The largest absolute Gasteiger partial charge is 0.490 e. The van der Waals surface area contributed by atoms with Gasteiger partial charge in [0.15, 0.2) is 11.5 Å². The van der Waals surface area contributed by atoms with E-state index in [2.05, 4.69) is 55.2 Å². The van der Waals surface area contributed by atoms with E-state index in [1.807, 2.05) is 37.3 Å². The zero-order valence-corrected chi connectivity index (χ0v) is 18.3. The van der Waals surface area contributed by atoms with Crippen molar-refractivity contribution in [1.29, 1.82) is 0 Å². The molecule has 0 spiro atoms. The first kappa shape index (κ1) is 21.8. The van der Waals surface area contributed by atoms with Gasteiger partial charge in [-0.1, -0.05) is 47.5 Å². The van der Waals surface area contributed by atoms with Gasteiger partial charge in [-0.15, -0.1) is 6.58 Å². The van der Waals surface area contributed by atoms with E-state index in [0.29, 0.717) is 31.2 Å². The van der Waals surface area contributed by atoms with Crippen molar-refractivity contribution in [3.63, 3.8) is 0 Å². The number of nitrogens with one attached hydrogen (secondary N) is 1. The number of halogens is 1. The van der Waals surface area contributed by atoms with Crippen molar-refractivity contribution in [2.24, 2.45) is 0 Å². The molecule has 0 radical (unpaired) electrons. The number of hydrogen-bond acceptors (Lipinski definition) is 3. The molecule has 0 saturated carbocycles. The minimum atomic E-state index is 0.447. The van der Waals surface area contributed by atoms with Crippen LogP contribution in [0.3, 0.4) is 0 Å². The highest BCUT2D eigenvalue weighted by Crippen LogP contribution is 2.35. The average Bonchev–Trinajstić information content (AvgIpc) is 2.74. The van der Waals surface area contributed by atoms with Gasteiger partial charge >= 0.3 is 0 Å². The highest BCUT2D eigenvalue weighted by atomic mass is 35.5. The van der Waals surface area contributed by atoms with Crippen molar-refractivity contribution in [3.8, 4) is 11.5 Å². The fourth-order valence-electron chi connectivity index (χ4n) is 3.17. The van der Waals surface area contributed by atoms with Crippen LogP contribution in [0.25, 0.3) is 0 Å². The maximum absolute atomic E-state index is 6.19. The summed E-state index contributed by atoms with van der Waals surface area (Å²) in [5, 5.41) is 4.19. The van der Waals surface area contributed by atoms with Gasteiger partial charge in [-0.3, -0.25) is 0 Å². The van der Waals surface area contributed by atoms with Crippen LogP contribution >= 0.6 is 11.6 Å². The normalized spacial score (nSPS) is 10.5. The van der Waals surface area contributed by atoms with Gasteiger partial charge in [0.2, 0.25) is 0 Å². The molecule has 0 aliphatic rings. The predicted octanol–water partition coefficient (Wildman–Crippen LogP) is 6.97. The van der Waals surface area contributed by atoms with E-state index in [-0.39, 0.29) is 0 Å². The second-order valence-corrected chi connectivity index (χ2v) is 7.58. The molecule has 0 heterocycles. The summed E-state index contributed by atoms with van der Waals surface area (Å²) < 4.78 is 12.1. The van der Waals surface area contributed by atoms with Gasteiger partial charge < -0.3 is 14.8 Å². The van der Waals surface area contributed by atoms with E-state index < -0.39 is 0 Å². The first-order valence-electron chi connectivity index (χ1n) is 10.2. The molecule has 1 N–H and O–H groups in total. The summed E-state index contributed by atoms with van der Waals surface area (Å²) in [5.41, 5.74) is 5.58. The SMILES string of the molecule is C=CCc1cc(CNc2ccc(C)cc2)cc(OCC)c1OCc1ccc(Cl)cc1. The zero-order chi connectivity index (χ0) is 21.3. The Morgan fingerprint density at radius 1 is 0.967 bits per heavy atom. The van der Waals surface area contributed by atoms with Gasteiger partial charge in [0.05, 0.1) is 6.61 Å². The number of allylic oxidation sites excluding steroid dienone is 1. The van der Waals surface area contributed by atoms with Crippen LogP contribution in [-0.2, 0) is 19.6 Å². The van der Waals surface area contributed by atoms with Crippen LogP contribution in [0.4, 0.5) is 5.69 Å². The summed E-state index contributed by atoms with van der Waals surface area (Å²) in [6.07, 6.45) is 2.59. The molecule has 0 fully saturated rings. The quantitative estimate of drug-likeness (QED) is 0.358. The molecule has 156 valence electrons. The van der Waals surface area contributed by atoms with Gasteiger partial charge in [0.25, 0.3) is 0 Å². The molecule has 0 unspecified atom stereocenters. The molecule has 3 rings (SSSR count). The molecule has 0 aromatic heterocycles. The zero-order valence-electron chi connectivity index (χ0n) is 17.6. The molecule has 3 nitrogen and oxygen atoms in total. The van der Waals surface area contributed by atoms with Crippen molar-refractivity contribution in [3.05, 3.63) is 101 Å². The Morgan fingerprint density at radius 2 is 1.70 bits per heavy atom. The van der Waals surface area contributed by atoms with Crippen LogP contribution in [0.5, 0.6) is 11.5 Å². The van der Waals surface area contributed by atoms with Crippen LogP contribution in [0.2, 0.25) is 5.02 Å². The first-order chi connectivity index (χ1) is 14.6. The second-order valence-electron chi connectivity index (χ2n) is 7.14. The van der Waals surface area contributed by atoms with Crippen molar-refractivity contribution in [2.75, 3.05) is 11.9 Å². The number of ether oxygens (including phenoxy) is 2. The Labute approximate surface area is 184 Å². The van der Waals surface area contributed by atoms with Crippen molar-refractivity contribution in [2.45, 2.75) is 33.4 Å². The molecule has 0 atom stereocenters. The number of anilines is 1. The minimum Gasteiger partial charge on any atom is -0.490 e. The maximum Gasteiger partial charge on any atom is 0.165 e. The highest BCUT2D eigenvalue weighted by molar-refractivity contribution is 6.30. The third kappa shape index (κ3) is 6.04. The van der Waals surface area contributed by atoms with Gasteiger partial charge in [-0.2, -0.15) is 0 Å². The molecule has 30 heavy (non-hydrogen) atoms. The Bertz CT molecular complexity index is 966. The summed E-state index contributed by atoms with van der Waals surface area (Å²) in [6, 6.07) is 20.3. The summed E-state index contributed by atoms with van der Waals surface area (Å²) in [7, 11) is 0. The van der Waals surface area contributed by atoms with Crippen molar-refractivity contribution >= 4 is 17.3 Å². The number of benzene rings is 3. The molecular formula is C26H28ClNO2. The Hall–Kier alpha value is -2.91. The van der Waals surface area contributed by atoms with Gasteiger partial charge in [-0.05, 0) is 67.8 Å². The lowest BCUT2D eigenvalue weighted by molar-refractivity contribution is 0.267. The van der Waals surface area contributed by atoms with E-state index >= 15 is 0 Å². The summed E-state index contributed by atoms with van der Waals surface area (Å²) in [4.78, 5) is 0. The topological polar surface area (TPSA) is 30.5 Å². The van der Waals surface area contributed by atoms with Gasteiger partial charge in [-0.25, -0.2) is 0 Å². The van der Waals surface area contributed by atoms with Crippen molar-refractivity contribution < 1.29 is 9.47 Å². The summed E-state index contributed by atoms with van der Waals surface area (Å²) in [5.74, 6) is 1.53. The average molecular weight is 422 g/mol.